The van der Waals surface area contributed by atoms with Crippen LogP contribution in [0.2, 0.25) is 52.4 Å². The third-order valence-corrected chi connectivity index (χ3v) is 6.44. The zero-order valence-electron chi connectivity index (χ0n) is 11.4. The van der Waals surface area contributed by atoms with Crippen LogP contribution in [0.1, 0.15) is 0 Å². The highest BCUT2D eigenvalue weighted by atomic mass is 28.4. The van der Waals surface area contributed by atoms with Crippen molar-refractivity contribution in [3.05, 3.63) is 0 Å². The summed E-state index contributed by atoms with van der Waals surface area (Å²) in [5.74, 6) is 0. The van der Waals surface area contributed by atoms with Crippen LogP contribution >= 0.6 is 0 Å². The molecule has 0 aliphatic carbocycles. The summed E-state index contributed by atoms with van der Waals surface area (Å²) in [6.45, 7) is 17.6. The lowest BCUT2D eigenvalue weighted by atomic mass is 11.8. The van der Waals surface area contributed by atoms with Crippen molar-refractivity contribution in [2.45, 2.75) is 52.4 Å². The molecule has 0 saturated carbocycles. The minimum absolute atomic E-state index is 0.139. The maximum absolute atomic E-state index is 5.83. The van der Waals surface area contributed by atoms with E-state index in [9.17, 15) is 0 Å². The Kier molecular flexibility index (Phi) is 8.43. The molecule has 2 nitrogen and oxygen atoms in total. The van der Waals surface area contributed by atoms with E-state index in [1.54, 1.807) is 7.11 Å². The van der Waals surface area contributed by atoms with E-state index in [4.69, 9.17) is 8.54 Å². The highest BCUT2D eigenvalue weighted by Crippen LogP contribution is 2.13. The lowest BCUT2D eigenvalue weighted by molar-refractivity contribution is 0.312. The van der Waals surface area contributed by atoms with Gasteiger partial charge in [0.25, 0.3) is 0 Å². The first kappa shape index (κ1) is 17.0. The second-order valence-corrected chi connectivity index (χ2v) is 17.3. The molecule has 0 atom stereocenters. The SMILES string of the molecule is CO[Si](C)(C)O[Si](C)(C)C.C[SiH](C)C. The first-order valence-corrected chi connectivity index (χ1v) is 14.9. The lowest BCUT2D eigenvalue weighted by Gasteiger charge is -2.29. The van der Waals surface area contributed by atoms with Gasteiger partial charge in [-0.15, -0.1) is 0 Å². The van der Waals surface area contributed by atoms with Gasteiger partial charge in [-0.05, 0) is 32.7 Å². The monoisotopic (exact) mass is 252 g/mol. The van der Waals surface area contributed by atoms with Crippen LogP contribution in [0.25, 0.3) is 0 Å². The average Bonchev–Trinajstić information content (AvgIpc) is 1.80. The van der Waals surface area contributed by atoms with E-state index in [0.29, 0.717) is 0 Å². The zero-order valence-corrected chi connectivity index (χ0v) is 14.5. The molecule has 0 spiro atoms. The molecule has 88 valence electrons. The molecule has 0 saturated heterocycles. The van der Waals surface area contributed by atoms with Gasteiger partial charge >= 0.3 is 8.56 Å². The molecule has 0 radical (unpaired) electrons. The molecule has 0 amide bonds. The minimum Gasteiger partial charge on any atom is -0.436 e. The summed E-state index contributed by atoms with van der Waals surface area (Å²) >= 11 is 0. The first-order chi connectivity index (χ1) is 6.00. The van der Waals surface area contributed by atoms with Crippen LogP contribution in [0.5, 0.6) is 0 Å². The van der Waals surface area contributed by atoms with Gasteiger partial charge in [-0.25, -0.2) is 0 Å². The second kappa shape index (κ2) is 6.95. The average molecular weight is 253 g/mol. The Morgan fingerprint density at radius 3 is 1.21 bits per heavy atom. The Morgan fingerprint density at radius 1 is 0.857 bits per heavy atom. The van der Waals surface area contributed by atoms with Gasteiger partial charge in [0.2, 0.25) is 0 Å². The number of hydrogen-bond donors (Lipinski definition) is 0. The predicted octanol–water partition coefficient (Wildman–Crippen LogP) is 3.29. The molecule has 14 heavy (non-hydrogen) atoms. The zero-order chi connectivity index (χ0) is 12.0. The summed E-state index contributed by atoms with van der Waals surface area (Å²) in [6, 6.07) is 0. The third kappa shape index (κ3) is 18.4. The van der Waals surface area contributed by atoms with Gasteiger partial charge in [0.15, 0.2) is 8.32 Å². The van der Waals surface area contributed by atoms with E-state index in [2.05, 4.69) is 52.4 Å². The third-order valence-electron chi connectivity index (χ3n) is 1.04. The van der Waals surface area contributed by atoms with Gasteiger partial charge < -0.3 is 8.54 Å². The normalized spacial score (nSPS) is 12.4. The van der Waals surface area contributed by atoms with Crippen LogP contribution in [-0.4, -0.2) is 32.8 Å². The Labute approximate surface area is 94.0 Å². The fourth-order valence-electron chi connectivity index (χ4n) is 0.779. The van der Waals surface area contributed by atoms with E-state index in [1.807, 2.05) is 0 Å². The molecular formula is C9H28O2Si3. The Morgan fingerprint density at radius 2 is 1.14 bits per heavy atom. The van der Waals surface area contributed by atoms with E-state index >= 15 is 0 Å². The van der Waals surface area contributed by atoms with E-state index in [-0.39, 0.29) is 8.80 Å². The van der Waals surface area contributed by atoms with E-state index < -0.39 is 16.9 Å². The quantitative estimate of drug-likeness (QED) is 0.718. The molecule has 0 rings (SSSR count). The van der Waals surface area contributed by atoms with Crippen LogP contribution in [0.15, 0.2) is 0 Å². The predicted molar refractivity (Wildman–Crippen MR) is 73.7 cm³/mol. The minimum atomic E-state index is -1.75. The summed E-state index contributed by atoms with van der Waals surface area (Å²) < 4.78 is 11.1. The summed E-state index contributed by atoms with van der Waals surface area (Å²) in [5.41, 5.74) is 0. The standard InChI is InChI=1S/C6H18O2Si2.C3H10Si/c1-7-10(5,6)8-9(2,3)4;1-4(2)3/h1-6H3;4H,1-3H3. The van der Waals surface area contributed by atoms with E-state index in [1.165, 1.54) is 0 Å². The fourth-order valence-corrected chi connectivity index (χ4v) is 7.01. The summed E-state index contributed by atoms with van der Waals surface area (Å²) in [7, 11) is -1.54. The number of rotatable bonds is 3. The smallest absolute Gasteiger partial charge is 0.321 e. The summed E-state index contributed by atoms with van der Waals surface area (Å²) in [6.07, 6.45) is 0. The molecule has 0 fully saturated rings. The molecule has 0 aromatic heterocycles. The largest absolute Gasteiger partial charge is 0.436 e. The molecule has 0 aliphatic rings. The molecule has 0 aliphatic heterocycles. The Hall–Kier alpha value is 0.571. The van der Waals surface area contributed by atoms with Gasteiger partial charge in [-0.1, -0.05) is 19.6 Å². The fraction of sp³-hybridized carbons (Fsp3) is 1.00. The van der Waals surface area contributed by atoms with Crippen LogP contribution in [-0.2, 0) is 8.54 Å². The maximum Gasteiger partial charge on any atom is 0.321 e. The molecule has 5 heteroatoms. The molecule has 0 aromatic carbocycles. The van der Waals surface area contributed by atoms with Gasteiger partial charge in [0.1, 0.15) is 0 Å². The highest BCUT2D eigenvalue weighted by Gasteiger charge is 2.29. The van der Waals surface area contributed by atoms with Crippen molar-refractivity contribution in [1.82, 2.24) is 0 Å². The molecule has 0 heterocycles. The molecule has 0 bridgehead atoms. The van der Waals surface area contributed by atoms with Crippen molar-refractivity contribution in [2.75, 3.05) is 7.11 Å². The number of hydrogen-bond acceptors (Lipinski definition) is 2. The van der Waals surface area contributed by atoms with Gasteiger partial charge in [-0.3, -0.25) is 0 Å². The summed E-state index contributed by atoms with van der Waals surface area (Å²) in [5, 5.41) is 0. The lowest BCUT2D eigenvalue weighted by Crippen LogP contribution is -2.43. The van der Waals surface area contributed by atoms with Crippen molar-refractivity contribution >= 4 is 25.7 Å². The topological polar surface area (TPSA) is 18.5 Å². The van der Waals surface area contributed by atoms with Crippen LogP contribution < -0.4 is 0 Å². The van der Waals surface area contributed by atoms with Gasteiger partial charge in [-0.2, -0.15) is 0 Å². The van der Waals surface area contributed by atoms with Crippen molar-refractivity contribution in [2.24, 2.45) is 0 Å². The molecular weight excluding hydrogens is 224 g/mol. The van der Waals surface area contributed by atoms with Crippen LogP contribution in [0.3, 0.4) is 0 Å². The maximum atomic E-state index is 5.83. The molecule has 0 aromatic rings. The van der Waals surface area contributed by atoms with Gasteiger partial charge in [0.05, 0.1) is 0 Å². The van der Waals surface area contributed by atoms with Crippen molar-refractivity contribution in [1.29, 1.82) is 0 Å². The Balaban J connectivity index is 0. The highest BCUT2D eigenvalue weighted by molar-refractivity contribution is 6.81. The Bertz CT molecular complexity index is 139. The van der Waals surface area contributed by atoms with E-state index in [0.717, 1.165) is 0 Å². The molecule has 0 unspecified atom stereocenters. The van der Waals surface area contributed by atoms with Gasteiger partial charge in [0, 0.05) is 15.9 Å². The van der Waals surface area contributed by atoms with Crippen molar-refractivity contribution < 1.29 is 8.54 Å². The van der Waals surface area contributed by atoms with Crippen LogP contribution in [0.4, 0.5) is 0 Å². The second-order valence-electron chi connectivity index (χ2n) is 5.55. The molecule has 0 N–H and O–H groups in total. The van der Waals surface area contributed by atoms with Crippen molar-refractivity contribution in [3.8, 4) is 0 Å². The summed E-state index contributed by atoms with van der Waals surface area (Å²) in [4.78, 5) is 0. The van der Waals surface area contributed by atoms with Crippen LogP contribution in [0, 0.1) is 0 Å². The van der Waals surface area contributed by atoms with Crippen molar-refractivity contribution in [3.63, 3.8) is 0 Å². The first-order valence-electron chi connectivity index (χ1n) is 5.25.